The fourth-order valence-corrected chi connectivity index (χ4v) is 2.96. The second kappa shape index (κ2) is 7.40. The van der Waals surface area contributed by atoms with E-state index in [2.05, 4.69) is 21.4 Å². The molecule has 3 rings (SSSR count). The van der Waals surface area contributed by atoms with E-state index in [0.29, 0.717) is 12.4 Å². The number of aryl methyl sites for hydroxylation is 1. The van der Waals surface area contributed by atoms with Crippen LogP contribution in [0, 0.1) is 6.92 Å². The van der Waals surface area contributed by atoms with Gasteiger partial charge in [0, 0.05) is 16.5 Å². The lowest BCUT2D eigenvalue weighted by atomic mass is 10.4. The third kappa shape index (κ3) is 4.17. The lowest BCUT2D eigenvalue weighted by Gasteiger charge is -2.09. The molecule has 110 valence electrons. The number of aromatic nitrogens is 2. The molecule has 0 aliphatic heterocycles. The van der Waals surface area contributed by atoms with Crippen LogP contribution in [0.25, 0.3) is 0 Å². The molecule has 3 heterocycles. The molecular weight excluding hydrogens is 326 g/mol. The Balaban J connectivity index is 0.00000161. The van der Waals surface area contributed by atoms with Gasteiger partial charge >= 0.3 is 0 Å². The Labute approximate surface area is 137 Å². The molecule has 7 heteroatoms. The molecule has 4 nitrogen and oxygen atoms in total. The first-order chi connectivity index (χ1) is 9.81. The zero-order valence-corrected chi connectivity index (χ0v) is 13.7. The lowest BCUT2D eigenvalue weighted by molar-refractivity contribution is 0.310. The van der Waals surface area contributed by atoms with Crippen LogP contribution in [0.3, 0.4) is 0 Å². The smallest absolute Gasteiger partial charge is 0.188 e. The van der Waals surface area contributed by atoms with Gasteiger partial charge in [0.05, 0.1) is 5.69 Å². The van der Waals surface area contributed by atoms with Crippen molar-refractivity contribution in [2.24, 2.45) is 0 Å². The van der Waals surface area contributed by atoms with Crippen molar-refractivity contribution in [3.05, 3.63) is 51.8 Å². The maximum Gasteiger partial charge on any atom is 0.188 e. The average Bonchev–Trinajstić information content (AvgIpc) is 3.10. The number of rotatable bonds is 5. The first kappa shape index (κ1) is 15.8. The zero-order valence-electron chi connectivity index (χ0n) is 11.3. The summed E-state index contributed by atoms with van der Waals surface area (Å²) < 4.78 is 5.82. The molecule has 0 aromatic carbocycles. The van der Waals surface area contributed by atoms with E-state index in [1.165, 1.54) is 4.88 Å². The molecule has 0 aliphatic rings. The quantitative estimate of drug-likeness (QED) is 0.734. The SMILES string of the molecule is Cc1csc(Nc2ncccc2OCc2cccs2)n1.Cl. The third-order valence-electron chi connectivity index (χ3n) is 2.57. The van der Waals surface area contributed by atoms with Gasteiger partial charge < -0.3 is 10.1 Å². The van der Waals surface area contributed by atoms with Gasteiger partial charge in [0.1, 0.15) is 6.61 Å². The highest BCUT2D eigenvalue weighted by Crippen LogP contribution is 2.27. The van der Waals surface area contributed by atoms with Gasteiger partial charge in [-0.15, -0.1) is 35.1 Å². The molecule has 0 saturated heterocycles. The van der Waals surface area contributed by atoms with Crippen molar-refractivity contribution in [2.75, 3.05) is 5.32 Å². The van der Waals surface area contributed by atoms with E-state index < -0.39 is 0 Å². The Hall–Kier alpha value is -1.63. The molecular formula is C14H14ClN3OS2. The highest BCUT2D eigenvalue weighted by Gasteiger charge is 2.07. The number of hydrogen-bond donors (Lipinski definition) is 1. The minimum absolute atomic E-state index is 0. The monoisotopic (exact) mass is 339 g/mol. The highest BCUT2D eigenvalue weighted by atomic mass is 35.5. The molecule has 0 fully saturated rings. The van der Waals surface area contributed by atoms with Gasteiger partial charge in [0.15, 0.2) is 16.7 Å². The largest absolute Gasteiger partial charge is 0.484 e. The molecule has 0 radical (unpaired) electrons. The summed E-state index contributed by atoms with van der Waals surface area (Å²) in [5.74, 6) is 1.42. The van der Waals surface area contributed by atoms with E-state index in [1.54, 1.807) is 28.9 Å². The molecule has 0 amide bonds. The van der Waals surface area contributed by atoms with E-state index >= 15 is 0 Å². The van der Waals surface area contributed by atoms with E-state index in [1.807, 2.05) is 35.9 Å². The van der Waals surface area contributed by atoms with Gasteiger partial charge in [-0.2, -0.15) is 0 Å². The molecule has 0 unspecified atom stereocenters. The summed E-state index contributed by atoms with van der Waals surface area (Å²) in [6.45, 7) is 2.52. The van der Waals surface area contributed by atoms with Gasteiger partial charge in [-0.3, -0.25) is 0 Å². The minimum Gasteiger partial charge on any atom is -0.484 e. The van der Waals surface area contributed by atoms with Crippen LogP contribution in [0.15, 0.2) is 41.2 Å². The topological polar surface area (TPSA) is 47.0 Å². The molecule has 3 aromatic rings. The molecule has 0 atom stereocenters. The van der Waals surface area contributed by atoms with Crippen molar-refractivity contribution >= 4 is 46.0 Å². The maximum atomic E-state index is 5.82. The number of thiazole rings is 1. The standard InChI is InChI=1S/C14H13N3OS2.ClH/c1-10-9-20-14(16-10)17-13-12(5-2-6-15-13)18-8-11-4-3-7-19-11;/h2-7,9H,8H2,1H3,(H,15,16,17);1H. The Bertz CT molecular complexity index is 685. The highest BCUT2D eigenvalue weighted by molar-refractivity contribution is 7.13. The van der Waals surface area contributed by atoms with E-state index in [0.717, 1.165) is 16.6 Å². The lowest BCUT2D eigenvalue weighted by Crippen LogP contribution is -1.99. The Morgan fingerprint density at radius 1 is 1.24 bits per heavy atom. The summed E-state index contributed by atoms with van der Waals surface area (Å²) in [6.07, 6.45) is 1.74. The van der Waals surface area contributed by atoms with Crippen LogP contribution in [-0.2, 0) is 6.61 Å². The van der Waals surface area contributed by atoms with Gasteiger partial charge in [-0.25, -0.2) is 9.97 Å². The van der Waals surface area contributed by atoms with E-state index in [-0.39, 0.29) is 12.4 Å². The van der Waals surface area contributed by atoms with E-state index in [9.17, 15) is 0 Å². The predicted octanol–water partition coefficient (Wildman–Crippen LogP) is 4.65. The van der Waals surface area contributed by atoms with Crippen LogP contribution in [-0.4, -0.2) is 9.97 Å². The van der Waals surface area contributed by atoms with Crippen molar-refractivity contribution < 1.29 is 4.74 Å². The molecule has 0 saturated carbocycles. The Morgan fingerprint density at radius 2 is 2.14 bits per heavy atom. The fourth-order valence-electron chi connectivity index (χ4n) is 1.66. The van der Waals surface area contributed by atoms with Gasteiger partial charge in [0.25, 0.3) is 0 Å². The van der Waals surface area contributed by atoms with E-state index in [4.69, 9.17) is 4.74 Å². The van der Waals surface area contributed by atoms with Crippen molar-refractivity contribution in [1.29, 1.82) is 0 Å². The predicted molar refractivity (Wildman–Crippen MR) is 90.3 cm³/mol. The maximum absolute atomic E-state index is 5.82. The van der Waals surface area contributed by atoms with Crippen molar-refractivity contribution in [2.45, 2.75) is 13.5 Å². The van der Waals surface area contributed by atoms with Gasteiger partial charge in [-0.05, 0) is 30.5 Å². The van der Waals surface area contributed by atoms with Gasteiger partial charge in [0.2, 0.25) is 0 Å². The van der Waals surface area contributed by atoms with Crippen molar-refractivity contribution in [3.63, 3.8) is 0 Å². The average molecular weight is 340 g/mol. The second-order valence-electron chi connectivity index (χ2n) is 4.14. The summed E-state index contributed by atoms with van der Waals surface area (Å²) in [6, 6.07) is 7.84. The normalized spacial score (nSPS) is 9.95. The summed E-state index contributed by atoms with van der Waals surface area (Å²) in [5, 5.41) is 8.06. The van der Waals surface area contributed by atoms with Crippen LogP contribution in [0.1, 0.15) is 10.6 Å². The first-order valence-electron chi connectivity index (χ1n) is 6.10. The summed E-state index contributed by atoms with van der Waals surface area (Å²) in [5.41, 5.74) is 0.995. The number of nitrogens with zero attached hydrogens (tertiary/aromatic N) is 2. The summed E-state index contributed by atoms with van der Waals surface area (Å²) in [4.78, 5) is 9.87. The van der Waals surface area contributed by atoms with Crippen LogP contribution in [0.2, 0.25) is 0 Å². The van der Waals surface area contributed by atoms with Crippen LogP contribution < -0.4 is 10.1 Å². The van der Waals surface area contributed by atoms with Crippen LogP contribution in [0.4, 0.5) is 10.9 Å². The number of halogens is 1. The first-order valence-corrected chi connectivity index (χ1v) is 7.86. The number of anilines is 2. The number of nitrogens with one attached hydrogen (secondary N) is 1. The summed E-state index contributed by atoms with van der Waals surface area (Å²) in [7, 11) is 0. The summed E-state index contributed by atoms with van der Waals surface area (Å²) >= 11 is 3.23. The number of thiophene rings is 1. The third-order valence-corrected chi connectivity index (χ3v) is 4.29. The number of pyridine rings is 1. The molecule has 1 N–H and O–H groups in total. The van der Waals surface area contributed by atoms with Gasteiger partial charge in [-0.1, -0.05) is 6.07 Å². The van der Waals surface area contributed by atoms with Crippen molar-refractivity contribution in [1.82, 2.24) is 9.97 Å². The van der Waals surface area contributed by atoms with Crippen LogP contribution >= 0.6 is 35.1 Å². The number of hydrogen-bond acceptors (Lipinski definition) is 6. The number of ether oxygens (including phenoxy) is 1. The molecule has 0 bridgehead atoms. The molecule has 3 aromatic heterocycles. The minimum atomic E-state index is 0. The fraction of sp³-hybridized carbons (Fsp3) is 0.143. The second-order valence-corrected chi connectivity index (χ2v) is 6.03. The molecule has 0 aliphatic carbocycles. The van der Waals surface area contributed by atoms with Crippen LogP contribution in [0.5, 0.6) is 5.75 Å². The molecule has 0 spiro atoms. The zero-order chi connectivity index (χ0) is 13.8. The Kier molecular flexibility index (Phi) is 5.55. The molecule has 21 heavy (non-hydrogen) atoms. The van der Waals surface area contributed by atoms with Crippen molar-refractivity contribution in [3.8, 4) is 5.75 Å². The Morgan fingerprint density at radius 3 is 2.86 bits per heavy atom.